The summed E-state index contributed by atoms with van der Waals surface area (Å²) < 4.78 is 24.2. The van der Waals surface area contributed by atoms with E-state index in [4.69, 9.17) is 0 Å². The Kier molecular flexibility index (Phi) is 2.20. The van der Waals surface area contributed by atoms with E-state index in [1.54, 1.807) is 18.2 Å². The molecule has 1 N–H and O–H groups in total. The molecule has 2 aromatic rings. The van der Waals surface area contributed by atoms with Gasteiger partial charge in [0.2, 0.25) is 9.84 Å². The Bertz CT molecular complexity index is 560. The zero-order valence-electron chi connectivity index (χ0n) is 7.61. The van der Waals surface area contributed by atoms with Crippen LogP contribution in [0.25, 0.3) is 0 Å². The van der Waals surface area contributed by atoms with E-state index in [1.807, 2.05) is 0 Å². The summed E-state index contributed by atoms with van der Waals surface area (Å²) in [6, 6.07) is 7.83. The minimum Gasteiger partial charge on any atom is -0.426 e. The minimum absolute atomic E-state index is 0.103. The summed E-state index contributed by atoms with van der Waals surface area (Å²) >= 11 is 0. The van der Waals surface area contributed by atoms with Crippen LogP contribution in [-0.2, 0) is 9.84 Å². The second kappa shape index (κ2) is 3.39. The lowest BCUT2D eigenvalue weighted by atomic mass is 10.4. The van der Waals surface area contributed by atoms with E-state index < -0.39 is 9.84 Å². The summed E-state index contributed by atoms with van der Waals surface area (Å²) in [5, 5.41) is 8.84. The fraction of sp³-hybridized carbons (Fsp3) is 0. The highest BCUT2D eigenvalue weighted by molar-refractivity contribution is 7.91. The Morgan fingerprint density at radius 2 is 1.87 bits per heavy atom. The van der Waals surface area contributed by atoms with Gasteiger partial charge in [0, 0.05) is 6.20 Å². The third-order valence-corrected chi connectivity index (χ3v) is 3.55. The van der Waals surface area contributed by atoms with Crippen LogP contribution in [0.5, 0.6) is 0 Å². The minimum atomic E-state index is -3.72. The van der Waals surface area contributed by atoms with E-state index in [9.17, 15) is 13.6 Å². The largest absolute Gasteiger partial charge is 0.426 e. The van der Waals surface area contributed by atoms with E-state index in [-0.39, 0.29) is 10.1 Å². The second-order valence-electron chi connectivity index (χ2n) is 2.87. The first-order valence-electron chi connectivity index (χ1n) is 4.15. The molecule has 0 amide bonds. The quantitative estimate of drug-likeness (QED) is 0.771. The molecule has 15 heavy (non-hydrogen) atoms. The van der Waals surface area contributed by atoms with E-state index in [2.05, 4.69) is 4.98 Å². The molecule has 0 unspecified atom stereocenters. The topological polar surface area (TPSA) is 72.2 Å². The highest BCUT2D eigenvalue weighted by Crippen LogP contribution is 2.17. The summed E-state index contributed by atoms with van der Waals surface area (Å²) in [5.41, 5.74) is 0. The van der Waals surface area contributed by atoms with Gasteiger partial charge in [-0.25, -0.2) is 13.4 Å². The predicted molar refractivity (Wildman–Crippen MR) is 51.3 cm³/mol. The lowest BCUT2D eigenvalue weighted by molar-refractivity contribution is 0.158. The molecule has 78 valence electrons. The molecule has 0 spiro atoms. The summed E-state index contributed by atoms with van der Waals surface area (Å²) in [4.78, 5) is 3.69. The molecule has 0 saturated heterocycles. The molecule has 0 radical (unpaired) electrons. The summed E-state index contributed by atoms with van der Waals surface area (Å²) in [5.74, 6) is 0. The number of hydrogen-bond donors (Lipinski definition) is 1. The number of sulfone groups is 1. The van der Waals surface area contributed by atoms with Crippen LogP contribution >= 0.6 is 0 Å². The molecular formula is C9H8N2O3S. The van der Waals surface area contributed by atoms with Gasteiger partial charge in [-0.1, -0.05) is 18.2 Å². The molecule has 0 atom stereocenters. The maximum Gasteiger partial charge on any atom is 0.266 e. The van der Waals surface area contributed by atoms with Crippen LogP contribution in [0.3, 0.4) is 0 Å². The van der Waals surface area contributed by atoms with Crippen molar-refractivity contribution in [3.63, 3.8) is 0 Å². The van der Waals surface area contributed by atoms with E-state index >= 15 is 0 Å². The molecule has 0 aliphatic rings. The molecule has 1 aromatic carbocycles. The SMILES string of the molecule is O=S(=O)(c1ccccc1)c1nccn1O. The van der Waals surface area contributed by atoms with Crippen molar-refractivity contribution in [2.45, 2.75) is 10.1 Å². The molecular weight excluding hydrogens is 216 g/mol. The number of rotatable bonds is 2. The van der Waals surface area contributed by atoms with Crippen molar-refractivity contribution in [3.05, 3.63) is 42.7 Å². The van der Waals surface area contributed by atoms with Gasteiger partial charge in [-0.3, -0.25) is 0 Å². The highest BCUT2D eigenvalue weighted by Gasteiger charge is 2.22. The van der Waals surface area contributed by atoms with Gasteiger partial charge in [0.05, 0.1) is 11.1 Å². The number of nitrogens with zero attached hydrogens (tertiary/aromatic N) is 2. The van der Waals surface area contributed by atoms with Crippen LogP contribution in [0.15, 0.2) is 52.8 Å². The molecule has 6 heteroatoms. The Morgan fingerprint density at radius 3 is 2.40 bits per heavy atom. The molecule has 1 aromatic heterocycles. The van der Waals surface area contributed by atoms with E-state index in [1.165, 1.54) is 18.3 Å². The van der Waals surface area contributed by atoms with Gasteiger partial charge in [0.1, 0.15) is 0 Å². The molecule has 0 fully saturated rings. The number of aromatic nitrogens is 2. The molecule has 5 nitrogen and oxygen atoms in total. The van der Waals surface area contributed by atoms with Crippen LogP contribution in [0.2, 0.25) is 0 Å². The number of hydrogen-bond acceptors (Lipinski definition) is 4. The van der Waals surface area contributed by atoms with Crippen LogP contribution in [0, 0.1) is 0 Å². The van der Waals surface area contributed by atoms with Crippen molar-refractivity contribution >= 4 is 9.84 Å². The molecule has 0 aliphatic heterocycles. The van der Waals surface area contributed by atoms with Gasteiger partial charge >= 0.3 is 0 Å². The molecule has 0 bridgehead atoms. The van der Waals surface area contributed by atoms with Crippen molar-refractivity contribution in [1.82, 2.24) is 9.71 Å². The van der Waals surface area contributed by atoms with Crippen molar-refractivity contribution in [3.8, 4) is 0 Å². The average molecular weight is 224 g/mol. The first-order chi connectivity index (χ1) is 7.12. The molecule has 0 saturated carbocycles. The summed E-state index contributed by atoms with van der Waals surface area (Å²) in [6.07, 6.45) is 2.38. The first-order valence-corrected chi connectivity index (χ1v) is 5.63. The Labute approximate surface area is 86.5 Å². The molecule has 0 aliphatic carbocycles. The monoisotopic (exact) mass is 224 g/mol. The fourth-order valence-corrected chi connectivity index (χ4v) is 2.41. The van der Waals surface area contributed by atoms with E-state index in [0.29, 0.717) is 4.73 Å². The van der Waals surface area contributed by atoms with Crippen LogP contribution in [-0.4, -0.2) is 23.3 Å². The van der Waals surface area contributed by atoms with Crippen LogP contribution < -0.4 is 0 Å². The normalized spacial score (nSPS) is 11.5. The van der Waals surface area contributed by atoms with Crippen molar-refractivity contribution < 1.29 is 13.6 Å². The zero-order chi connectivity index (χ0) is 10.9. The summed E-state index contributed by atoms with van der Waals surface area (Å²) in [7, 11) is -3.72. The zero-order valence-corrected chi connectivity index (χ0v) is 8.42. The van der Waals surface area contributed by atoms with Crippen LogP contribution in [0.4, 0.5) is 0 Å². The van der Waals surface area contributed by atoms with Crippen molar-refractivity contribution in [2.75, 3.05) is 0 Å². The smallest absolute Gasteiger partial charge is 0.266 e. The first kappa shape index (κ1) is 9.72. The van der Waals surface area contributed by atoms with Gasteiger partial charge in [0.15, 0.2) is 0 Å². The third kappa shape index (κ3) is 1.59. The van der Waals surface area contributed by atoms with Gasteiger partial charge in [-0.15, -0.1) is 0 Å². The van der Waals surface area contributed by atoms with Gasteiger partial charge in [-0.05, 0) is 12.1 Å². The molecule has 2 rings (SSSR count). The second-order valence-corrected chi connectivity index (χ2v) is 4.71. The van der Waals surface area contributed by atoms with Crippen LogP contribution in [0.1, 0.15) is 0 Å². The van der Waals surface area contributed by atoms with Crippen molar-refractivity contribution in [1.29, 1.82) is 0 Å². The Hall–Kier alpha value is -1.82. The Balaban J connectivity index is 2.60. The third-order valence-electron chi connectivity index (χ3n) is 1.88. The highest BCUT2D eigenvalue weighted by atomic mass is 32.2. The van der Waals surface area contributed by atoms with Gasteiger partial charge < -0.3 is 5.21 Å². The maximum atomic E-state index is 11.9. The molecule has 1 heterocycles. The fourth-order valence-electron chi connectivity index (χ4n) is 1.18. The van der Waals surface area contributed by atoms with E-state index in [0.717, 1.165) is 6.20 Å². The average Bonchev–Trinajstić information content (AvgIpc) is 2.66. The van der Waals surface area contributed by atoms with Crippen molar-refractivity contribution in [2.24, 2.45) is 0 Å². The Morgan fingerprint density at radius 1 is 1.20 bits per heavy atom. The lowest BCUT2D eigenvalue weighted by Crippen LogP contribution is -2.08. The standard InChI is InChI=1S/C9H8N2O3S/c12-11-7-6-10-9(11)15(13,14)8-4-2-1-3-5-8/h1-7,12H. The summed E-state index contributed by atoms with van der Waals surface area (Å²) in [6.45, 7) is 0. The number of imidazole rings is 1. The van der Waals surface area contributed by atoms with Gasteiger partial charge in [-0.2, -0.15) is 4.73 Å². The van der Waals surface area contributed by atoms with Gasteiger partial charge in [0.25, 0.3) is 5.16 Å². The maximum absolute atomic E-state index is 11.9. The number of benzene rings is 1. The predicted octanol–water partition coefficient (Wildman–Crippen LogP) is 0.953. The lowest BCUT2D eigenvalue weighted by Gasteiger charge is -2.02.